The summed E-state index contributed by atoms with van der Waals surface area (Å²) < 4.78 is 1.81. The number of fused-ring (bicyclic) bond motifs is 1. The summed E-state index contributed by atoms with van der Waals surface area (Å²) >= 11 is 0. The molecule has 1 aromatic heterocycles. The van der Waals surface area contributed by atoms with E-state index in [2.05, 4.69) is 41.9 Å². The SMILES string of the molecule is CC1(C)CC(c2ccccc2)Nc2c(C(=O)NOC(=O)Cc3ccccc3)cnn21. The first-order valence-corrected chi connectivity index (χ1v) is 9.88. The number of carbonyl (C=O) groups is 2. The molecule has 0 aliphatic carbocycles. The molecule has 3 aromatic rings. The van der Waals surface area contributed by atoms with E-state index in [9.17, 15) is 9.59 Å². The molecule has 4 rings (SSSR count). The Hall–Kier alpha value is -3.61. The standard InChI is InChI=1S/C23H24N4O3/c1-23(2)14-19(17-11-7-4-8-12-17)25-21-18(15-24-27(21)23)22(29)26-30-20(28)13-16-9-5-3-6-10-16/h3-12,15,19,25H,13-14H2,1-2H3,(H,26,29). The van der Waals surface area contributed by atoms with Crippen molar-refractivity contribution in [3.05, 3.63) is 83.6 Å². The minimum Gasteiger partial charge on any atom is -0.363 e. The van der Waals surface area contributed by atoms with Gasteiger partial charge in [0.15, 0.2) is 0 Å². The van der Waals surface area contributed by atoms with Gasteiger partial charge in [-0.25, -0.2) is 9.48 Å². The van der Waals surface area contributed by atoms with E-state index < -0.39 is 11.9 Å². The van der Waals surface area contributed by atoms with Crippen LogP contribution in [0.25, 0.3) is 0 Å². The molecule has 1 unspecified atom stereocenters. The van der Waals surface area contributed by atoms with Crippen molar-refractivity contribution in [2.45, 2.75) is 38.3 Å². The highest BCUT2D eigenvalue weighted by Gasteiger charge is 2.36. The van der Waals surface area contributed by atoms with E-state index >= 15 is 0 Å². The number of hydrogen-bond acceptors (Lipinski definition) is 5. The van der Waals surface area contributed by atoms with Gasteiger partial charge in [0.25, 0.3) is 5.91 Å². The van der Waals surface area contributed by atoms with E-state index in [1.807, 2.05) is 53.2 Å². The van der Waals surface area contributed by atoms with Crippen LogP contribution in [0.5, 0.6) is 0 Å². The van der Waals surface area contributed by atoms with Crippen LogP contribution in [0.15, 0.2) is 66.9 Å². The summed E-state index contributed by atoms with van der Waals surface area (Å²) in [6, 6.07) is 19.3. The number of nitrogens with one attached hydrogen (secondary N) is 2. The van der Waals surface area contributed by atoms with Crippen LogP contribution in [-0.2, 0) is 21.6 Å². The molecule has 1 aliphatic heterocycles. The first-order valence-electron chi connectivity index (χ1n) is 9.88. The molecule has 7 nitrogen and oxygen atoms in total. The van der Waals surface area contributed by atoms with Crippen LogP contribution in [0, 0.1) is 0 Å². The molecule has 0 fully saturated rings. The predicted molar refractivity (Wildman–Crippen MR) is 113 cm³/mol. The average Bonchev–Trinajstić information content (AvgIpc) is 3.18. The van der Waals surface area contributed by atoms with Gasteiger partial charge in [-0.1, -0.05) is 60.7 Å². The number of benzene rings is 2. The van der Waals surface area contributed by atoms with Crippen molar-refractivity contribution in [3.63, 3.8) is 0 Å². The average molecular weight is 404 g/mol. The predicted octanol–water partition coefficient (Wildman–Crippen LogP) is 3.61. The summed E-state index contributed by atoms with van der Waals surface area (Å²) in [6.45, 7) is 4.17. The lowest BCUT2D eigenvalue weighted by Gasteiger charge is -2.38. The van der Waals surface area contributed by atoms with Gasteiger partial charge < -0.3 is 10.2 Å². The van der Waals surface area contributed by atoms with Crippen LogP contribution in [0.4, 0.5) is 5.82 Å². The van der Waals surface area contributed by atoms with Gasteiger partial charge in [0.05, 0.1) is 24.2 Å². The van der Waals surface area contributed by atoms with Gasteiger partial charge in [-0.3, -0.25) is 4.79 Å². The van der Waals surface area contributed by atoms with Crippen molar-refractivity contribution in [2.24, 2.45) is 0 Å². The summed E-state index contributed by atoms with van der Waals surface area (Å²) in [5.41, 5.74) is 4.25. The Morgan fingerprint density at radius 3 is 2.50 bits per heavy atom. The zero-order valence-corrected chi connectivity index (χ0v) is 17.0. The van der Waals surface area contributed by atoms with Gasteiger partial charge in [0.1, 0.15) is 11.4 Å². The van der Waals surface area contributed by atoms with Gasteiger partial charge in [0.2, 0.25) is 0 Å². The van der Waals surface area contributed by atoms with E-state index in [1.54, 1.807) is 0 Å². The third kappa shape index (κ3) is 4.05. The minimum atomic E-state index is -0.536. The number of hydrogen-bond donors (Lipinski definition) is 2. The molecule has 0 saturated heterocycles. The summed E-state index contributed by atoms with van der Waals surface area (Å²) in [7, 11) is 0. The Morgan fingerprint density at radius 2 is 1.80 bits per heavy atom. The van der Waals surface area contributed by atoms with Gasteiger partial charge in [0, 0.05) is 0 Å². The number of hydroxylamine groups is 1. The fraction of sp³-hybridized carbons (Fsp3) is 0.261. The van der Waals surface area contributed by atoms with Gasteiger partial charge in [-0.15, -0.1) is 0 Å². The van der Waals surface area contributed by atoms with Gasteiger partial charge in [-0.2, -0.15) is 10.6 Å². The molecule has 0 saturated carbocycles. The molecule has 2 N–H and O–H groups in total. The fourth-order valence-corrected chi connectivity index (χ4v) is 3.76. The third-order valence-electron chi connectivity index (χ3n) is 5.25. The highest BCUT2D eigenvalue weighted by molar-refractivity contribution is 5.98. The van der Waals surface area contributed by atoms with Crippen LogP contribution in [0.1, 0.15) is 47.8 Å². The molecular weight excluding hydrogens is 380 g/mol. The lowest BCUT2D eigenvalue weighted by atomic mass is 9.89. The quantitative estimate of drug-likeness (QED) is 0.649. The number of amides is 1. The second-order valence-electron chi connectivity index (χ2n) is 8.01. The molecular formula is C23H24N4O3. The fourth-order valence-electron chi connectivity index (χ4n) is 3.76. The number of carbonyl (C=O) groups excluding carboxylic acids is 2. The lowest BCUT2D eigenvalue weighted by molar-refractivity contribution is -0.148. The maximum absolute atomic E-state index is 12.7. The first-order chi connectivity index (χ1) is 14.4. The van der Waals surface area contributed by atoms with Crippen LogP contribution in [0.3, 0.4) is 0 Å². The highest BCUT2D eigenvalue weighted by Crippen LogP contribution is 2.39. The molecule has 1 amide bonds. The van der Waals surface area contributed by atoms with Gasteiger partial charge in [-0.05, 0) is 31.4 Å². The largest absolute Gasteiger partial charge is 0.363 e. The lowest BCUT2D eigenvalue weighted by Crippen LogP contribution is -2.38. The number of aromatic nitrogens is 2. The van der Waals surface area contributed by atoms with Crippen molar-refractivity contribution >= 4 is 17.7 Å². The Morgan fingerprint density at radius 1 is 1.13 bits per heavy atom. The highest BCUT2D eigenvalue weighted by atomic mass is 16.7. The Kier molecular flexibility index (Phi) is 5.27. The van der Waals surface area contributed by atoms with Crippen LogP contribution in [-0.4, -0.2) is 21.7 Å². The third-order valence-corrected chi connectivity index (χ3v) is 5.25. The van der Waals surface area contributed by atoms with Gasteiger partial charge >= 0.3 is 5.97 Å². The van der Waals surface area contributed by atoms with E-state index in [1.165, 1.54) is 6.20 Å². The summed E-state index contributed by atoms with van der Waals surface area (Å²) in [4.78, 5) is 29.7. The van der Waals surface area contributed by atoms with E-state index in [0.717, 1.165) is 17.5 Å². The molecule has 154 valence electrons. The minimum absolute atomic E-state index is 0.0394. The smallest absolute Gasteiger partial charge is 0.336 e. The molecule has 2 aromatic carbocycles. The van der Waals surface area contributed by atoms with Crippen LogP contribution in [0.2, 0.25) is 0 Å². The van der Waals surface area contributed by atoms with Crippen LogP contribution < -0.4 is 10.8 Å². The van der Waals surface area contributed by atoms with Crippen molar-refractivity contribution in [3.8, 4) is 0 Å². The normalized spacial score (nSPS) is 16.8. The second-order valence-corrected chi connectivity index (χ2v) is 8.01. The molecule has 0 spiro atoms. The summed E-state index contributed by atoms with van der Waals surface area (Å²) in [5.74, 6) is -0.447. The topological polar surface area (TPSA) is 85.2 Å². The second kappa shape index (κ2) is 8.02. The van der Waals surface area contributed by atoms with Crippen molar-refractivity contribution < 1.29 is 14.4 Å². The molecule has 0 radical (unpaired) electrons. The van der Waals surface area contributed by atoms with Crippen molar-refractivity contribution in [1.82, 2.24) is 15.3 Å². The Labute approximate surface area is 175 Å². The number of rotatable bonds is 4. The monoisotopic (exact) mass is 404 g/mol. The molecule has 2 heterocycles. The van der Waals surface area contributed by atoms with E-state index in [4.69, 9.17) is 4.84 Å². The number of nitrogens with zero attached hydrogens (tertiary/aromatic N) is 2. The maximum Gasteiger partial charge on any atom is 0.336 e. The molecule has 30 heavy (non-hydrogen) atoms. The van der Waals surface area contributed by atoms with Crippen molar-refractivity contribution in [2.75, 3.05) is 5.32 Å². The zero-order valence-electron chi connectivity index (χ0n) is 17.0. The molecule has 1 aliphatic rings. The first kappa shape index (κ1) is 19.7. The molecule has 0 bridgehead atoms. The van der Waals surface area contributed by atoms with E-state index in [-0.39, 0.29) is 18.0 Å². The zero-order chi connectivity index (χ0) is 21.1. The number of anilines is 1. The molecule has 7 heteroatoms. The Bertz CT molecular complexity index is 1040. The summed E-state index contributed by atoms with van der Waals surface area (Å²) in [5, 5.41) is 7.83. The van der Waals surface area contributed by atoms with Crippen LogP contribution >= 0.6 is 0 Å². The Balaban J connectivity index is 1.48. The maximum atomic E-state index is 12.7. The molecule has 1 atom stereocenters. The van der Waals surface area contributed by atoms with E-state index in [0.29, 0.717) is 11.4 Å². The van der Waals surface area contributed by atoms with Crippen molar-refractivity contribution in [1.29, 1.82) is 0 Å². The summed E-state index contributed by atoms with van der Waals surface area (Å²) in [6.07, 6.45) is 2.39.